The molecular weight excluding hydrogens is 196 g/mol. The molecule has 4 heteroatoms. The van der Waals surface area contributed by atoms with Crippen molar-refractivity contribution in [1.29, 1.82) is 0 Å². The van der Waals surface area contributed by atoms with Crippen molar-refractivity contribution < 1.29 is 5.11 Å². The predicted octanol–water partition coefficient (Wildman–Crippen LogP) is 1.24. The van der Waals surface area contributed by atoms with Gasteiger partial charge in [0, 0.05) is 13.2 Å². The maximum atomic E-state index is 9.11. The van der Waals surface area contributed by atoms with Crippen LogP contribution in [0.2, 0.25) is 0 Å². The van der Waals surface area contributed by atoms with Crippen LogP contribution in [0.4, 0.5) is 0 Å². The molecule has 0 fully saturated rings. The Morgan fingerprint density at radius 1 is 1.80 bits per heavy atom. The Morgan fingerprint density at radius 2 is 2.40 bits per heavy atom. The van der Waals surface area contributed by atoms with Gasteiger partial charge in [-0.05, 0) is 22.9 Å². The first-order valence-electron chi connectivity index (χ1n) is 2.98. The highest BCUT2D eigenvalue weighted by atomic mass is 79.9. The maximum Gasteiger partial charge on any atom is 0.138 e. The first kappa shape index (κ1) is 7.75. The number of aliphatic hydroxyl groups is 1. The van der Waals surface area contributed by atoms with Crippen molar-refractivity contribution in [2.75, 3.05) is 0 Å². The van der Waals surface area contributed by atoms with Crippen molar-refractivity contribution in [2.45, 2.75) is 13.0 Å². The van der Waals surface area contributed by atoms with E-state index in [-0.39, 0.29) is 0 Å². The molecule has 0 unspecified atom stereocenters. The third-order valence-electron chi connectivity index (χ3n) is 1.26. The highest BCUT2D eigenvalue weighted by Gasteiger charge is 2.07. The van der Waals surface area contributed by atoms with Gasteiger partial charge in [-0.25, -0.2) is 4.98 Å². The van der Waals surface area contributed by atoms with E-state index in [1.165, 1.54) is 0 Å². The second-order valence-electron chi connectivity index (χ2n) is 2.21. The van der Waals surface area contributed by atoms with Gasteiger partial charge in [0.05, 0.1) is 0 Å². The minimum absolute atomic E-state index is 0.503. The molecule has 1 aromatic heterocycles. The van der Waals surface area contributed by atoms with E-state index in [9.17, 15) is 0 Å². The molecule has 0 saturated carbocycles. The topological polar surface area (TPSA) is 38.1 Å². The summed E-state index contributed by atoms with van der Waals surface area (Å²) in [6.07, 6.45) is 1.30. The summed E-state index contributed by atoms with van der Waals surface area (Å²) in [5.74, 6) is 0.673. The monoisotopic (exact) mass is 204 g/mol. The summed E-state index contributed by atoms with van der Waals surface area (Å²) in [6, 6.07) is 0. The number of rotatable bonds is 1. The lowest BCUT2D eigenvalue weighted by Crippen LogP contribution is -2.00. The van der Waals surface area contributed by atoms with Gasteiger partial charge in [0.25, 0.3) is 0 Å². The molecule has 1 N–H and O–H groups in total. The standard InChI is InChI=1S/C6H9BrN2O/c1-4(10)6-8-5(7)3-9(6)2/h3-4,10H,1-2H3/t4-/m0/s1. The first-order valence-corrected chi connectivity index (χ1v) is 3.77. The largest absolute Gasteiger partial charge is 0.385 e. The van der Waals surface area contributed by atoms with Crippen LogP contribution >= 0.6 is 15.9 Å². The Balaban J connectivity index is 3.03. The Labute approximate surface area is 67.8 Å². The molecule has 0 aliphatic carbocycles. The van der Waals surface area contributed by atoms with Crippen molar-refractivity contribution in [3.63, 3.8) is 0 Å². The SMILES string of the molecule is C[C@H](O)c1nc(Br)cn1C. The summed E-state index contributed by atoms with van der Waals surface area (Å²) in [6.45, 7) is 1.69. The molecule has 1 heterocycles. The first-order chi connectivity index (χ1) is 4.61. The van der Waals surface area contributed by atoms with Crippen LogP contribution in [0, 0.1) is 0 Å². The van der Waals surface area contributed by atoms with Crippen molar-refractivity contribution in [3.05, 3.63) is 16.6 Å². The number of aromatic nitrogens is 2. The molecule has 0 radical (unpaired) electrons. The van der Waals surface area contributed by atoms with Crippen LogP contribution < -0.4 is 0 Å². The van der Waals surface area contributed by atoms with Crippen LogP contribution in [0.15, 0.2) is 10.8 Å². The Kier molecular flexibility index (Phi) is 2.11. The summed E-state index contributed by atoms with van der Waals surface area (Å²) >= 11 is 3.21. The molecule has 10 heavy (non-hydrogen) atoms. The van der Waals surface area contributed by atoms with Gasteiger partial charge in [-0.2, -0.15) is 0 Å². The van der Waals surface area contributed by atoms with Crippen LogP contribution in [0.25, 0.3) is 0 Å². The quantitative estimate of drug-likeness (QED) is 0.748. The zero-order chi connectivity index (χ0) is 7.72. The van der Waals surface area contributed by atoms with Gasteiger partial charge in [-0.3, -0.25) is 0 Å². The van der Waals surface area contributed by atoms with Crippen LogP contribution in [0.3, 0.4) is 0 Å². The Morgan fingerprint density at radius 3 is 2.60 bits per heavy atom. The summed E-state index contributed by atoms with van der Waals surface area (Å²) in [5, 5.41) is 9.11. The second-order valence-corrected chi connectivity index (χ2v) is 3.02. The molecular formula is C6H9BrN2O. The zero-order valence-electron chi connectivity index (χ0n) is 5.87. The summed E-state index contributed by atoms with van der Waals surface area (Å²) in [4.78, 5) is 4.04. The molecule has 0 aliphatic heterocycles. The zero-order valence-corrected chi connectivity index (χ0v) is 7.46. The summed E-state index contributed by atoms with van der Waals surface area (Å²) in [7, 11) is 1.85. The second kappa shape index (κ2) is 2.72. The number of aryl methyl sites for hydroxylation is 1. The number of hydrogen-bond acceptors (Lipinski definition) is 2. The number of aliphatic hydroxyl groups excluding tert-OH is 1. The molecule has 0 saturated heterocycles. The highest BCUT2D eigenvalue weighted by molar-refractivity contribution is 9.10. The van der Waals surface area contributed by atoms with Gasteiger partial charge < -0.3 is 9.67 Å². The molecule has 0 amide bonds. The van der Waals surface area contributed by atoms with E-state index in [2.05, 4.69) is 20.9 Å². The van der Waals surface area contributed by atoms with Crippen molar-refractivity contribution in [3.8, 4) is 0 Å². The number of hydrogen-bond donors (Lipinski definition) is 1. The third-order valence-corrected chi connectivity index (χ3v) is 1.64. The lowest BCUT2D eigenvalue weighted by Gasteiger charge is -2.01. The van der Waals surface area contributed by atoms with Crippen LogP contribution in [0.5, 0.6) is 0 Å². The van der Waals surface area contributed by atoms with E-state index in [0.29, 0.717) is 5.82 Å². The Hall–Kier alpha value is -0.350. The van der Waals surface area contributed by atoms with Crippen molar-refractivity contribution in [2.24, 2.45) is 7.05 Å². The van der Waals surface area contributed by atoms with Gasteiger partial charge in [-0.1, -0.05) is 0 Å². The summed E-state index contributed by atoms with van der Waals surface area (Å²) < 4.78 is 2.54. The maximum absolute atomic E-state index is 9.11. The van der Waals surface area contributed by atoms with Gasteiger partial charge in [0.15, 0.2) is 0 Å². The number of halogens is 1. The van der Waals surface area contributed by atoms with Gasteiger partial charge in [-0.15, -0.1) is 0 Å². The number of nitrogens with zero attached hydrogens (tertiary/aromatic N) is 2. The number of imidazole rings is 1. The fraction of sp³-hybridized carbons (Fsp3) is 0.500. The smallest absolute Gasteiger partial charge is 0.138 e. The van der Waals surface area contributed by atoms with Gasteiger partial charge in [0.1, 0.15) is 16.5 Å². The highest BCUT2D eigenvalue weighted by Crippen LogP contribution is 2.13. The third kappa shape index (κ3) is 1.38. The normalized spacial score (nSPS) is 13.6. The van der Waals surface area contributed by atoms with Crippen LogP contribution in [-0.2, 0) is 7.05 Å². The lowest BCUT2D eigenvalue weighted by atomic mass is 10.4. The molecule has 3 nitrogen and oxygen atoms in total. The molecule has 56 valence electrons. The molecule has 1 atom stereocenters. The predicted molar refractivity (Wildman–Crippen MR) is 41.5 cm³/mol. The van der Waals surface area contributed by atoms with E-state index >= 15 is 0 Å². The average molecular weight is 205 g/mol. The minimum atomic E-state index is -0.503. The van der Waals surface area contributed by atoms with Gasteiger partial charge >= 0.3 is 0 Å². The van der Waals surface area contributed by atoms with E-state index in [4.69, 9.17) is 5.11 Å². The minimum Gasteiger partial charge on any atom is -0.385 e. The molecule has 0 bridgehead atoms. The Bertz CT molecular complexity index is 232. The van der Waals surface area contributed by atoms with E-state index in [1.54, 1.807) is 11.5 Å². The van der Waals surface area contributed by atoms with Crippen LogP contribution in [-0.4, -0.2) is 14.7 Å². The van der Waals surface area contributed by atoms with E-state index in [1.807, 2.05) is 13.2 Å². The van der Waals surface area contributed by atoms with Crippen molar-refractivity contribution >= 4 is 15.9 Å². The molecule has 0 aromatic carbocycles. The fourth-order valence-corrected chi connectivity index (χ4v) is 1.32. The van der Waals surface area contributed by atoms with Crippen molar-refractivity contribution in [1.82, 2.24) is 9.55 Å². The van der Waals surface area contributed by atoms with E-state index < -0.39 is 6.10 Å². The van der Waals surface area contributed by atoms with Gasteiger partial charge in [0.2, 0.25) is 0 Å². The molecule has 1 rings (SSSR count). The fourth-order valence-electron chi connectivity index (χ4n) is 0.831. The average Bonchev–Trinajstić information content (AvgIpc) is 2.10. The van der Waals surface area contributed by atoms with Crippen LogP contribution in [0.1, 0.15) is 18.9 Å². The van der Waals surface area contributed by atoms with E-state index in [0.717, 1.165) is 4.60 Å². The molecule has 1 aromatic rings. The molecule has 0 spiro atoms. The lowest BCUT2D eigenvalue weighted by molar-refractivity contribution is 0.185. The summed E-state index contributed by atoms with van der Waals surface area (Å²) in [5.41, 5.74) is 0. The molecule has 0 aliphatic rings.